The summed E-state index contributed by atoms with van der Waals surface area (Å²) >= 11 is 0. The molecular weight excluding hydrogens is 292 g/mol. The van der Waals surface area contributed by atoms with Gasteiger partial charge < -0.3 is 14.9 Å². The molecule has 2 atom stereocenters. The van der Waals surface area contributed by atoms with Crippen LogP contribution >= 0.6 is 0 Å². The summed E-state index contributed by atoms with van der Waals surface area (Å²) in [6.45, 7) is 7.29. The fraction of sp³-hybridized carbons (Fsp3) is 0.765. The smallest absolute Gasteiger partial charge is 0.257 e. The fourth-order valence-electron chi connectivity index (χ4n) is 3.51. The normalized spacial score (nSPS) is 21.9. The van der Waals surface area contributed by atoms with Crippen molar-refractivity contribution in [2.45, 2.75) is 33.2 Å². The summed E-state index contributed by atoms with van der Waals surface area (Å²) in [4.78, 5) is 17.0. The highest BCUT2D eigenvalue weighted by molar-refractivity contribution is 5.95. The van der Waals surface area contributed by atoms with Crippen LogP contribution in [0.5, 0.6) is 0 Å². The molecule has 0 bridgehead atoms. The Morgan fingerprint density at radius 2 is 2.09 bits per heavy atom. The summed E-state index contributed by atoms with van der Waals surface area (Å²) < 4.78 is 1.85. The van der Waals surface area contributed by atoms with Crippen LogP contribution in [0.15, 0.2) is 6.20 Å². The molecule has 130 valence electrons. The van der Waals surface area contributed by atoms with E-state index in [-0.39, 0.29) is 18.4 Å². The third kappa shape index (κ3) is 4.54. The van der Waals surface area contributed by atoms with Crippen molar-refractivity contribution in [3.05, 3.63) is 17.5 Å². The van der Waals surface area contributed by atoms with Crippen LogP contribution in [-0.4, -0.2) is 70.9 Å². The first-order valence-electron chi connectivity index (χ1n) is 8.53. The van der Waals surface area contributed by atoms with Crippen molar-refractivity contribution in [3.8, 4) is 0 Å². The molecule has 1 amide bonds. The molecule has 1 N–H and O–H groups in total. The molecule has 0 unspecified atom stereocenters. The Kier molecular flexibility index (Phi) is 6.18. The van der Waals surface area contributed by atoms with Gasteiger partial charge in [0.25, 0.3) is 5.91 Å². The molecule has 2 rings (SSSR count). The lowest BCUT2D eigenvalue weighted by Gasteiger charge is -2.38. The van der Waals surface area contributed by atoms with E-state index in [1.807, 2.05) is 36.8 Å². The predicted molar refractivity (Wildman–Crippen MR) is 90.4 cm³/mol. The highest BCUT2D eigenvalue weighted by atomic mass is 16.3. The molecule has 2 heterocycles. The molecular formula is C17H30N4O2. The lowest BCUT2D eigenvalue weighted by Crippen LogP contribution is -2.47. The van der Waals surface area contributed by atoms with Gasteiger partial charge in [-0.3, -0.25) is 9.48 Å². The summed E-state index contributed by atoms with van der Waals surface area (Å²) in [6.07, 6.45) is 3.84. The van der Waals surface area contributed by atoms with E-state index in [4.69, 9.17) is 0 Å². The molecule has 0 spiro atoms. The van der Waals surface area contributed by atoms with Crippen molar-refractivity contribution in [2.24, 2.45) is 11.8 Å². The number of aliphatic hydroxyl groups is 1. The molecule has 0 aromatic carbocycles. The first-order chi connectivity index (χ1) is 10.9. The van der Waals surface area contributed by atoms with Gasteiger partial charge in [-0.05, 0) is 45.7 Å². The largest absolute Gasteiger partial charge is 0.396 e. The van der Waals surface area contributed by atoms with Gasteiger partial charge in [-0.1, -0.05) is 6.92 Å². The van der Waals surface area contributed by atoms with E-state index < -0.39 is 0 Å². The Labute approximate surface area is 139 Å². The van der Waals surface area contributed by atoms with Crippen LogP contribution in [0.25, 0.3) is 0 Å². The number of piperidine rings is 1. The molecule has 0 saturated carbocycles. The Morgan fingerprint density at radius 1 is 1.39 bits per heavy atom. The number of nitrogens with zero attached hydrogens (tertiary/aromatic N) is 4. The van der Waals surface area contributed by atoms with E-state index in [0.717, 1.165) is 38.2 Å². The zero-order valence-corrected chi connectivity index (χ0v) is 14.8. The molecule has 1 aliphatic heterocycles. The van der Waals surface area contributed by atoms with Crippen LogP contribution in [0.2, 0.25) is 0 Å². The van der Waals surface area contributed by atoms with Crippen LogP contribution in [0, 0.1) is 18.8 Å². The van der Waals surface area contributed by atoms with Gasteiger partial charge in [-0.15, -0.1) is 0 Å². The number of hydrogen-bond acceptors (Lipinski definition) is 4. The van der Waals surface area contributed by atoms with Crippen LogP contribution in [0.3, 0.4) is 0 Å². The van der Waals surface area contributed by atoms with Crippen molar-refractivity contribution >= 4 is 5.91 Å². The number of aryl methyl sites for hydroxylation is 2. The zero-order chi connectivity index (χ0) is 17.0. The monoisotopic (exact) mass is 322 g/mol. The van der Waals surface area contributed by atoms with Crippen molar-refractivity contribution in [2.75, 3.05) is 40.3 Å². The molecule has 1 fully saturated rings. The van der Waals surface area contributed by atoms with Crippen LogP contribution in [0.1, 0.15) is 35.8 Å². The Balaban J connectivity index is 2.13. The van der Waals surface area contributed by atoms with E-state index >= 15 is 0 Å². The van der Waals surface area contributed by atoms with Crippen molar-refractivity contribution in [3.63, 3.8) is 0 Å². The number of aliphatic hydroxyl groups excluding tert-OH is 1. The maximum atomic E-state index is 12.9. The summed E-state index contributed by atoms with van der Waals surface area (Å²) in [5.74, 6) is 0.626. The first kappa shape index (κ1) is 17.9. The second kappa shape index (κ2) is 7.93. The highest BCUT2D eigenvalue weighted by Crippen LogP contribution is 2.24. The third-order valence-electron chi connectivity index (χ3n) is 4.42. The number of carbonyl (C=O) groups is 1. The minimum absolute atomic E-state index is 0.0479. The molecule has 6 nitrogen and oxygen atoms in total. The van der Waals surface area contributed by atoms with Gasteiger partial charge in [0, 0.05) is 39.0 Å². The molecule has 6 heteroatoms. The molecule has 0 aliphatic carbocycles. The molecule has 1 saturated heterocycles. The number of rotatable bonds is 6. The molecule has 1 aromatic rings. The predicted octanol–water partition coefficient (Wildman–Crippen LogP) is 1.23. The second-order valence-electron chi connectivity index (χ2n) is 7.01. The Bertz CT molecular complexity index is 527. The lowest BCUT2D eigenvalue weighted by molar-refractivity contribution is 0.0477. The van der Waals surface area contributed by atoms with Gasteiger partial charge in [0.05, 0.1) is 11.3 Å². The van der Waals surface area contributed by atoms with Gasteiger partial charge in [-0.2, -0.15) is 5.10 Å². The van der Waals surface area contributed by atoms with E-state index in [1.165, 1.54) is 0 Å². The van der Waals surface area contributed by atoms with E-state index in [0.29, 0.717) is 18.0 Å². The molecule has 1 aliphatic rings. The van der Waals surface area contributed by atoms with Gasteiger partial charge in [-0.25, -0.2) is 0 Å². The van der Waals surface area contributed by atoms with E-state index in [1.54, 1.807) is 0 Å². The quantitative estimate of drug-likeness (QED) is 0.856. The number of aromatic nitrogens is 2. The summed E-state index contributed by atoms with van der Waals surface area (Å²) in [5.41, 5.74) is 1.49. The van der Waals surface area contributed by atoms with Gasteiger partial charge >= 0.3 is 0 Å². The zero-order valence-electron chi connectivity index (χ0n) is 14.8. The number of amides is 1. The van der Waals surface area contributed by atoms with Crippen molar-refractivity contribution in [1.29, 1.82) is 0 Å². The summed E-state index contributed by atoms with van der Waals surface area (Å²) in [6, 6.07) is 0. The third-order valence-corrected chi connectivity index (χ3v) is 4.42. The van der Waals surface area contributed by atoms with Crippen molar-refractivity contribution in [1.82, 2.24) is 19.6 Å². The molecule has 1 aromatic heterocycles. The SMILES string of the molecule is CCCn1cc(C(=O)N2C[C@H](CO)C[C@H](CN(C)C)C2)c(C)n1. The lowest BCUT2D eigenvalue weighted by atomic mass is 9.89. The van der Waals surface area contributed by atoms with E-state index in [9.17, 15) is 9.90 Å². The minimum atomic E-state index is 0.0479. The van der Waals surface area contributed by atoms with Gasteiger partial charge in [0.15, 0.2) is 0 Å². The maximum absolute atomic E-state index is 12.9. The Morgan fingerprint density at radius 3 is 2.70 bits per heavy atom. The van der Waals surface area contributed by atoms with Gasteiger partial charge in [0.2, 0.25) is 0 Å². The second-order valence-corrected chi connectivity index (χ2v) is 7.01. The fourth-order valence-corrected chi connectivity index (χ4v) is 3.51. The van der Waals surface area contributed by atoms with Crippen LogP contribution in [-0.2, 0) is 6.54 Å². The Hall–Kier alpha value is -1.40. The minimum Gasteiger partial charge on any atom is -0.396 e. The first-order valence-corrected chi connectivity index (χ1v) is 8.53. The average molecular weight is 322 g/mol. The number of likely N-dealkylation sites (tertiary alicyclic amines) is 1. The van der Waals surface area contributed by atoms with Crippen LogP contribution < -0.4 is 0 Å². The molecule has 23 heavy (non-hydrogen) atoms. The summed E-state index contributed by atoms with van der Waals surface area (Å²) in [7, 11) is 4.10. The van der Waals surface area contributed by atoms with Gasteiger partial charge in [0.1, 0.15) is 0 Å². The highest BCUT2D eigenvalue weighted by Gasteiger charge is 2.31. The topological polar surface area (TPSA) is 61.6 Å². The number of hydrogen-bond donors (Lipinski definition) is 1. The van der Waals surface area contributed by atoms with Crippen LogP contribution in [0.4, 0.5) is 0 Å². The summed E-state index contributed by atoms with van der Waals surface area (Å²) in [5, 5.41) is 14.0. The van der Waals surface area contributed by atoms with Crippen molar-refractivity contribution < 1.29 is 9.90 Å². The average Bonchev–Trinajstić information content (AvgIpc) is 2.86. The maximum Gasteiger partial charge on any atom is 0.257 e. The standard InChI is InChI=1S/C17H30N4O2/c1-5-6-21-11-16(13(2)18-21)17(23)20-9-14(8-19(3)4)7-15(10-20)12-22/h11,14-15,22H,5-10,12H2,1-4H3/t14-,15-/m1/s1. The number of carbonyl (C=O) groups excluding carboxylic acids is 1. The van der Waals surface area contributed by atoms with E-state index in [2.05, 4.69) is 16.9 Å². The molecule has 0 radical (unpaired) electrons.